The molecule has 3 unspecified atom stereocenters. The Bertz CT molecular complexity index is 5600. The van der Waals surface area contributed by atoms with Gasteiger partial charge < -0.3 is 57.6 Å². The zero-order chi connectivity index (χ0) is 77.4. The number of ether oxygens (including phenoxy) is 5. The van der Waals surface area contributed by atoms with E-state index in [1.165, 1.54) is 48.5 Å². The van der Waals surface area contributed by atoms with Gasteiger partial charge in [0, 0.05) is 36.2 Å². The van der Waals surface area contributed by atoms with Crippen molar-refractivity contribution in [1.82, 2.24) is 15.0 Å². The fourth-order valence-electron chi connectivity index (χ4n) is 11.1. The minimum Gasteiger partial charge on any atom is -0.870 e. The summed E-state index contributed by atoms with van der Waals surface area (Å²) in [6.45, 7) is 3.93. The fourth-order valence-corrected chi connectivity index (χ4v) is 11.8. The summed E-state index contributed by atoms with van der Waals surface area (Å²) in [4.78, 5) is 51.4. The molecular weight excluding hydrogens is 1610 g/mol. The monoisotopic (exact) mass is 1690 g/mol. The van der Waals surface area contributed by atoms with Gasteiger partial charge in [0.1, 0.15) is 51.3 Å². The smallest absolute Gasteiger partial charge is 0.870 e. The van der Waals surface area contributed by atoms with Crippen LogP contribution in [-0.2, 0) is 23.9 Å². The Labute approximate surface area is 704 Å². The van der Waals surface area contributed by atoms with Crippen LogP contribution < -0.4 is 38.5 Å². The van der Waals surface area contributed by atoms with Gasteiger partial charge in [0.05, 0.1) is 29.9 Å². The van der Waals surface area contributed by atoms with Gasteiger partial charge in [0.15, 0.2) is 16.7 Å². The van der Waals surface area contributed by atoms with Crippen molar-refractivity contribution in [3.05, 3.63) is 327 Å². The van der Waals surface area contributed by atoms with Gasteiger partial charge >= 0.3 is 43.9 Å². The van der Waals surface area contributed by atoms with Gasteiger partial charge in [0.25, 0.3) is 0 Å². The summed E-state index contributed by atoms with van der Waals surface area (Å²) in [6, 6.07) is 75.6. The SMILES string of the molecule is C.C.C.C.CCOC(=O)C(Oc1ccc(-c2ccc(F)cc2)cc1-c1nc2ccccc2o1)c1ccc(Cl)cc1.CCOC(=O)C(Oc1ccc(Br)cc1-c1nc2ccccc2o1)c1ccc(Cl)cc1.O=C(O)C(Oc1ccc(-c2ccc(F)cc2)cc1-c1nc2ccccc2o1)c1ccc(Cl)cc1.OB(O)c1ccc(F)cc1.[Li+].[OH-]. The molecule has 0 spiro atoms. The van der Waals surface area contributed by atoms with E-state index in [9.17, 15) is 32.7 Å². The van der Waals surface area contributed by atoms with Crippen LogP contribution in [0.1, 0.15) is 78.6 Å². The van der Waals surface area contributed by atoms with E-state index in [1.54, 1.807) is 147 Å². The minimum absolute atomic E-state index is 0. The number of benzene rings is 12. The molecule has 0 aliphatic carbocycles. The number of hydrogen-bond donors (Lipinski definition) is 3. The third kappa shape index (κ3) is 23.9. The Morgan fingerprint density at radius 2 is 0.707 bits per heavy atom. The number of halogens is 7. The number of carboxylic acid groups (broad SMARTS) is 1. The number of carboxylic acids is 1. The molecular formula is C89H78BBrCl3F3LiN3O15. The number of aliphatic carboxylic acids is 1. The van der Waals surface area contributed by atoms with Crippen molar-refractivity contribution in [2.75, 3.05) is 13.2 Å². The van der Waals surface area contributed by atoms with E-state index in [1.807, 2.05) is 91.0 Å². The molecule has 3 heterocycles. The van der Waals surface area contributed by atoms with Crippen LogP contribution in [0.2, 0.25) is 15.1 Å². The summed E-state index contributed by atoms with van der Waals surface area (Å²) in [5.41, 5.74) is 10.7. The third-order valence-electron chi connectivity index (χ3n) is 16.5. The molecule has 0 saturated heterocycles. The molecule has 592 valence electrons. The van der Waals surface area contributed by atoms with Crippen LogP contribution >= 0.6 is 50.7 Å². The molecule has 27 heteroatoms. The number of carbonyl (C=O) groups excluding carboxylic acids is 2. The molecule has 0 fully saturated rings. The first-order valence-corrected chi connectivity index (χ1v) is 35.8. The van der Waals surface area contributed by atoms with Crippen molar-refractivity contribution in [3.63, 3.8) is 0 Å². The van der Waals surface area contributed by atoms with Gasteiger partial charge in [-0.15, -0.1) is 0 Å². The van der Waals surface area contributed by atoms with Crippen LogP contribution in [0.5, 0.6) is 17.2 Å². The normalized spacial score (nSPS) is 11.1. The van der Waals surface area contributed by atoms with Gasteiger partial charge in [-0.2, -0.15) is 0 Å². The number of para-hydroxylation sites is 6. The first kappa shape index (κ1) is 93.4. The molecule has 15 aromatic rings. The minimum atomic E-state index is -1.51. The zero-order valence-electron chi connectivity index (χ0n) is 59.5. The first-order valence-electron chi connectivity index (χ1n) is 33.9. The van der Waals surface area contributed by atoms with E-state index in [2.05, 4.69) is 30.9 Å². The Kier molecular flexibility index (Phi) is 35.3. The average Bonchev–Trinajstić information content (AvgIpc) is 1.60. The largest absolute Gasteiger partial charge is 1.00 e. The first-order chi connectivity index (χ1) is 53.2. The number of oxazole rings is 3. The molecule has 3 aromatic heterocycles. The van der Waals surface area contributed by atoms with Crippen molar-refractivity contribution in [1.29, 1.82) is 0 Å². The molecule has 0 amide bonds. The number of rotatable bonds is 20. The Balaban J connectivity index is 0.000000249. The van der Waals surface area contributed by atoms with Gasteiger partial charge in [0.2, 0.25) is 36.0 Å². The van der Waals surface area contributed by atoms with E-state index < -0.39 is 43.3 Å². The van der Waals surface area contributed by atoms with E-state index >= 15 is 0 Å². The molecule has 0 bridgehead atoms. The zero-order valence-corrected chi connectivity index (χ0v) is 63.3. The number of esters is 2. The van der Waals surface area contributed by atoms with Crippen LogP contribution in [0, 0.1) is 17.5 Å². The quantitative estimate of drug-likeness (QED) is 0.0473. The molecule has 0 radical (unpaired) electrons. The number of nitrogens with zero attached hydrogens (tertiary/aromatic N) is 3. The van der Waals surface area contributed by atoms with Crippen molar-refractivity contribution in [3.8, 4) is 73.9 Å². The maximum atomic E-state index is 13.5. The summed E-state index contributed by atoms with van der Waals surface area (Å²) in [7, 11) is -1.51. The third-order valence-corrected chi connectivity index (χ3v) is 17.7. The predicted molar refractivity (Wildman–Crippen MR) is 447 cm³/mol. The van der Waals surface area contributed by atoms with Crippen LogP contribution in [0.15, 0.2) is 291 Å². The maximum Gasteiger partial charge on any atom is 1.00 e. The Morgan fingerprint density at radius 3 is 1.03 bits per heavy atom. The summed E-state index contributed by atoms with van der Waals surface area (Å²) >= 11 is 21.5. The standard InChI is InChI=1S/C29H21ClFNO4.C27H17ClFNO4.C23H17BrClNO4.C6H6BFO2.4CH4.Li.H2O/c1-2-34-29(33)27(19-7-12-21(30)13-8-19)35-25-16-11-20(18-9-14-22(31)15-10-18)17-23(25)28-32-24-5-3-4-6-26(24)36-28;28-19-10-5-17(6-11-19)25(27(31)32)33-23-14-9-18(16-7-12-20(29)13-8-16)15-21(23)26-30-22-3-1-2-4-24(22)34-26;1-2-28-23(27)21(14-7-10-16(25)11-8-14)29-19-12-9-15(24)13-17(19)22-26-18-5-3-4-6-20(18)30-22;8-6-3-1-5(2-4-6)7(9)10;;;;;;/h3-17,27H,2H2,1H3;1-15,25H,(H,31,32);3-13,21H,2H2,1H3;1-4,9-10H;4*1H4;;1H2/q;;;;;;;;+1;/p-1. The second kappa shape index (κ2) is 43.9. The van der Waals surface area contributed by atoms with E-state index in [0.717, 1.165) is 32.2 Å². The van der Waals surface area contributed by atoms with Gasteiger partial charge in [-0.05, 0) is 193 Å². The van der Waals surface area contributed by atoms with Crippen LogP contribution in [0.4, 0.5) is 13.2 Å². The molecule has 18 nitrogen and oxygen atoms in total. The molecule has 15 rings (SSSR count). The summed E-state index contributed by atoms with van der Waals surface area (Å²) in [5.74, 6) is -1.14. The molecule has 12 aromatic carbocycles. The molecule has 0 aliphatic heterocycles. The molecule has 0 saturated carbocycles. The number of carbonyl (C=O) groups is 3. The Hall–Kier alpha value is -11.5. The van der Waals surface area contributed by atoms with E-state index in [0.29, 0.717) is 105 Å². The molecule has 0 aliphatic rings. The second-order valence-corrected chi connectivity index (χ2v) is 26.2. The maximum absolute atomic E-state index is 13.5. The Morgan fingerprint density at radius 1 is 0.414 bits per heavy atom. The van der Waals surface area contributed by atoms with Crippen molar-refractivity contribution in [2.45, 2.75) is 61.9 Å². The molecule has 4 N–H and O–H groups in total. The van der Waals surface area contributed by atoms with E-state index in [-0.39, 0.29) is 96.3 Å². The van der Waals surface area contributed by atoms with Crippen LogP contribution in [0.3, 0.4) is 0 Å². The summed E-state index contributed by atoms with van der Waals surface area (Å²) in [5, 5.41) is 28.5. The number of hydrogen-bond acceptors (Lipinski definition) is 17. The van der Waals surface area contributed by atoms with Crippen LogP contribution in [-0.4, -0.2) is 73.8 Å². The van der Waals surface area contributed by atoms with E-state index in [4.69, 9.17) is 81.8 Å². The topological polar surface area (TPSA) is 266 Å². The predicted octanol–water partition coefficient (Wildman–Crippen LogP) is 20.3. The molecule has 3 atom stereocenters. The second-order valence-electron chi connectivity index (χ2n) is 24.0. The summed E-state index contributed by atoms with van der Waals surface area (Å²) in [6.07, 6.45) is -3.29. The van der Waals surface area contributed by atoms with Gasteiger partial charge in [-0.3, -0.25) is 0 Å². The van der Waals surface area contributed by atoms with Gasteiger partial charge in [-0.1, -0.05) is 202 Å². The number of fused-ring (bicyclic) bond motifs is 3. The fraction of sp³-hybridized carbons (Fsp3) is 0.124. The van der Waals surface area contributed by atoms with Crippen molar-refractivity contribution >= 4 is 115 Å². The average molecular weight is 1690 g/mol. The summed E-state index contributed by atoms with van der Waals surface area (Å²) < 4.78 is 86.8. The van der Waals surface area contributed by atoms with Gasteiger partial charge in [-0.25, -0.2) is 42.5 Å². The van der Waals surface area contributed by atoms with Crippen LogP contribution in [0.25, 0.3) is 89.9 Å². The molecule has 116 heavy (non-hydrogen) atoms. The van der Waals surface area contributed by atoms with Crippen molar-refractivity contribution < 1.29 is 104 Å². The van der Waals surface area contributed by atoms with Crippen molar-refractivity contribution in [2.24, 2.45) is 0 Å². The number of aromatic nitrogens is 3.